The molecule has 132 valence electrons. The molecule has 0 bridgehead atoms. The normalized spacial score (nSPS) is 13.0. The molecule has 0 fully saturated rings. The van der Waals surface area contributed by atoms with E-state index >= 15 is 0 Å². The predicted molar refractivity (Wildman–Crippen MR) is 92.3 cm³/mol. The Morgan fingerprint density at radius 2 is 2.24 bits per heavy atom. The van der Waals surface area contributed by atoms with Crippen molar-refractivity contribution in [2.24, 2.45) is 9.98 Å². The van der Waals surface area contributed by atoms with E-state index < -0.39 is 5.92 Å². The number of ether oxygens (including phenoxy) is 1. The molecule has 0 aliphatic rings. The Labute approximate surface area is 148 Å². The van der Waals surface area contributed by atoms with Crippen LogP contribution >= 0.6 is 11.6 Å². The summed E-state index contributed by atoms with van der Waals surface area (Å²) in [6.07, 6.45) is 2.94. The number of alkyl halides is 2. The monoisotopic (exact) mass is 367 g/mol. The molecule has 0 aliphatic heterocycles. The van der Waals surface area contributed by atoms with E-state index in [4.69, 9.17) is 16.3 Å². The molecule has 0 saturated carbocycles. The van der Waals surface area contributed by atoms with Gasteiger partial charge >= 0.3 is 6.02 Å². The Hall–Kier alpha value is -2.61. The fourth-order valence-electron chi connectivity index (χ4n) is 1.82. The van der Waals surface area contributed by atoms with Crippen molar-refractivity contribution in [1.82, 2.24) is 15.0 Å². The van der Waals surface area contributed by atoms with Gasteiger partial charge in [-0.3, -0.25) is 0 Å². The van der Waals surface area contributed by atoms with Crippen LogP contribution < -0.4 is 0 Å². The highest BCUT2D eigenvalue weighted by Gasteiger charge is 2.24. The number of aliphatic imine (C=N–C) groups is 2. The lowest BCUT2D eigenvalue weighted by Crippen LogP contribution is -2.08. The molecule has 0 radical (unpaired) electrons. The quantitative estimate of drug-likeness (QED) is 0.591. The van der Waals surface area contributed by atoms with E-state index in [0.717, 1.165) is 6.92 Å². The third kappa shape index (κ3) is 5.46. The van der Waals surface area contributed by atoms with Gasteiger partial charge in [-0.25, -0.2) is 23.4 Å². The zero-order valence-electron chi connectivity index (χ0n) is 13.7. The molecule has 1 aromatic heterocycles. The van der Waals surface area contributed by atoms with Crippen LogP contribution in [0.15, 0.2) is 51.7 Å². The van der Waals surface area contributed by atoms with Crippen molar-refractivity contribution in [1.29, 1.82) is 0 Å². The smallest absolute Gasteiger partial charge is 0.316 e. The molecule has 1 aromatic carbocycles. The highest BCUT2D eigenvalue weighted by Crippen LogP contribution is 2.28. The van der Waals surface area contributed by atoms with E-state index in [9.17, 15) is 8.78 Å². The van der Waals surface area contributed by atoms with Gasteiger partial charge in [0.25, 0.3) is 5.92 Å². The van der Waals surface area contributed by atoms with E-state index in [1.807, 2.05) is 0 Å². The zero-order chi connectivity index (χ0) is 18.4. The van der Waals surface area contributed by atoms with Gasteiger partial charge < -0.3 is 4.74 Å². The van der Waals surface area contributed by atoms with Crippen molar-refractivity contribution in [2.45, 2.75) is 26.4 Å². The van der Waals surface area contributed by atoms with Crippen molar-refractivity contribution in [3.63, 3.8) is 0 Å². The summed E-state index contributed by atoms with van der Waals surface area (Å²) in [4.78, 5) is 7.51. The Balaban J connectivity index is 2.11. The average molecular weight is 368 g/mol. The van der Waals surface area contributed by atoms with Crippen molar-refractivity contribution >= 4 is 24.3 Å². The molecule has 9 heteroatoms. The molecule has 1 heterocycles. The maximum absolute atomic E-state index is 13.4. The summed E-state index contributed by atoms with van der Waals surface area (Å²) in [6.45, 7) is 5.88. The minimum absolute atomic E-state index is 0.0298. The first-order chi connectivity index (χ1) is 11.8. The van der Waals surface area contributed by atoms with Crippen molar-refractivity contribution < 1.29 is 13.5 Å². The summed E-state index contributed by atoms with van der Waals surface area (Å²) in [7, 11) is 0. The highest BCUT2D eigenvalue weighted by atomic mass is 35.5. The summed E-state index contributed by atoms with van der Waals surface area (Å²) < 4.78 is 33.6. The van der Waals surface area contributed by atoms with Gasteiger partial charge in [0.1, 0.15) is 12.3 Å². The minimum Gasteiger partial charge on any atom is -0.457 e. The minimum atomic E-state index is -2.93. The summed E-state index contributed by atoms with van der Waals surface area (Å²) in [6, 6.07) is 5.93. The van der Waals surface area contributed by atoms with E-state index in [-0.39, 0.29) is 18.2 Å². The first-order valence-corrected chi connectivity index (χ1v) is 7.57. The lowest BCUT2D eigenvalue weighted by Gasteiger charge is -2.11. The fourth-order valence-corrected chi connectivity index (χ4v) is 1.87. The van der Waals surface area contributed by atoms with Gasteiger partial charge in [-0.05, 0) is 25.8 Å². The number of allylic oxidation sites excluding steroid dienone is 1. The zero-order valence-corrected chi connectivity index (χ0v) is 14.4. The van der Waals surface area contributed by atoms with Gasteiger partial charge in [0.15, 0.2) is 0 Å². The van der Waals surface area contributed by atoms with Crippen LogP contribution in [-0.4, -0.2) is 27.7 Å². The number of rotatable bonds is 5. The molecule has 0 amide bonds. The van der Waals surface area contributed by atoms with Gasteiger partial charge in [-0.2, -0.15) is 0 Å². The first kappa shape index (κ1) is 18.7. The van der Waals surface area contributed by atoms with Crippen LogP contribution in [0.3, 0.4) is 0 Å². The van der Waals surface area contributed by atoms with Gasteiger partial charge in [-0.1, -0.05) is 28.9 Å². The molecule has 0 aliphatic carbocycles. The number of hydrogen-bond donors (Lipinski definition) is 0. The molecule has 2 rings (SSSR count). The second-order valence-electron chi connectivity index (χ2n) is 5.17. The van der Waals surface area contributed by atoms with Crippen LogP contribution in [0.25, 0.3) is 5.69 Å². The Bertz CT molecular complexity index is 807. The van der Waals surface area contributed by atoms with Crippen LogP contribution in [0.5, 0.6) is 0 Å². The number of amidine groups is 1. The number of nitrogens with zero attached hydrogens (tertiary/aromatic N) is 5. The number of benzene rings is 1. The maximum Gasteiger partial charge on any atom is 0.316 e. The largest absolute Gasteiger partial charge is 0.457 e. The topological polar surface area (TPSA) is 64.7 Å². The Kier molecular flexibility index (Phi) is 5.97. The predicted octanol–water partition coefficient (Wildman–Crippen LogP) is 4.05. The molecule has 6 nitrogen and oxygen atoms in total. The Morgan fingerprint density at radius 1 is 1.48 bits per heavy atom. The molecule has 0 saturated heterocycles. The first-order valence-electron chi connectivity index (χ1n) is 7.19. The SMILES string of the molecule is C=NC(=N/C=C(\C)Cl)OCc1cn(-c2cccc(C(C)(F)F)c2)nn1. The fraction of sp³-hybridized carbons (Fsp3) is 0.250. The molecule has 2 aromatic rings. The maximum atomic E-state index is 13.4. The summed E-state index contributed by atoms with van der Waals surface area (Å²) in [5.41, 5.74) is 0.831. The van der Waals surface area contributed by atoms with E-state index in [2.05, 4.69) is 27.0 Å². The van der Waals surface area contributed by atoms with Gasteiger partial charge in [0, 0.05) is 23.7 Å². The van der Waals surface area contributed by atoms with Crippen molar-refractivity contribution in [3.8, 4) is 5.69 Å². The lowest BCUT2D eigenvalue weighted by molar-refractivity contribution is 0.0174. The van der Waals surface area contributed by atoms with Crippen molar-refractivity contribution in [2.75, 3.05) is 0 Å². The van der Waals surface area contributed by atoms with Gasteiger partial charge in [0.2, 0.25) is 0 Å². The summed E-state index contributed by atoms with van der Waals surface area (Å²) in [5.74, 6) is -2.93. The van der Waals surface area contributed by atoms with Gasteiger partial charge in [-0.15, -0.1) is 5.10 Å². The number of hydrogen-bond acceptors (Lipinski definition) is 4. The third-order valence-electron chi connectivity index (χ3n) is 3.00. The Morgan fingerprint density at radius 3 is 2.88 bits per heavy atom. The molecule has 0 atom stereocenters. The van der Waals surface area contributed by atoms with Crippen LogP contribution in [0.4, 0.5) is 8.78 Å². The summed E-state index contributed by atoms with van der Waals surface area (Å²) >= 11 is 5.67. The molecule has 25 heavy (non-hydrogen) atoms. The van der Waals surface area contributed by atoms with E-state index in [0.29, 0.717) is 16.4 Å². The average Bonchev–Trinajstić information content (AvgIpc) is 3.03. The number of aromatic nitrogens is 3. The molecule has 0 spiro atoms. The van der Waals surface area contributed by atoms with Gasteiger partial charge in [0.05, 0.1) is 11.9 Å². The molecular weight excluding hydrogens is 352 g/mol. The van der Waals surface area contributed by atoms with Crippen LogP contribution in [0.1, 0.15) is 25.1 Å². The number of halogens is 3. The lowest BCUT2D eigenvalue weighted by atomic mass is 10.1. The summed E-state index contributed by atoms with van der Waals surface area (Å²) in [5, 5.41) is 8.30. The highest BCUT2D eigenvalue weighted by molar-refractivity contribution is 6.29. The second-order valence-corrected chi connectivity index (χ2v) is 5.76. The molecule has 0 unspecified atom stereocenters. The van der Waals surface area contributed by atoms with Crippen LogP contribution in [0.2, 0.25) is 0 Å². The molecular formula is C16H16ClF2N5O. The standard InChI is InChI=1S/C16H16ClF2N5O/c1-11(17)8-21-15(20-3)25-10-13-9-24(23-22-13)14-6-4-5-12(7-14)16(2,18)19/h4-9H,3,10H2,1-2H3/b11-8+,21-15?. The molecule has 0 N–H and O–H groups in total. The second kappa shape index (κ2) is 7.98. The van der Waals surface area contributed by atoms with Crippen LogP contribution in [-0.2, 0) is 17.3 Å². The van der Waals surface area contributed by atoms with Crippen molar-refractivity contribution in [3.05, 3.63) is 53.0 Å². The van der Waals surface area contributed by atoms with E-state index in [1.54, 1.807) is 19.2 Å². The van der Waals surface area contributed by atoms with E-state index in [1.165, 1.54) is 29.1 Å². The van der Waals surface area contributed by atoms with Crippen LogP contribution in [0, 0.1) is 0 Å². The third-order valence-corrected chi connectivity index (χ3v) is 3.09.